The zero-order valence-corrected chi connectivity index (χ0v) is 15.4. The van der Waals surface area contributed by atoms with Gasteiger partial charge >= 0.3 is 5.97 Å². The van der Waals surface area contributed by atoms with Gasteiger partial charge in [-0.15, -0.1) is 11.3 Å². The zero-order chi connectivity index (χ0) is 16.8. The molecule has 6 heteroatoms. The lowest BCUT2D eigenvalue weighted by molar-refractivity contribution is -0.138. The zero-order valence-electron chi connectivity index (χ0n) is 13.0. The van der Waals surface area contributed by atoms with Crippen molar-refractivity contribution in [2.75, 3.05) is 13.7 Å². The molecule has 0 aliphatic rings. The van der Waals surface area contributed by atoms with Crippen LogP contribution in [0.15, 0.2) is 34.1 Å². The summed E-state index contributed by atoms with van der Waals surface area (Å²) in [6.45, 7) is 2.58. The summed E-state index contributed by atoms with van der Waals surface area (Å²) in [5, 5.41) is 11.5. The maximum absolute atomic E-state index is 11.7. The number of carboxylic acids is 1. The maximum atomic E-state index is 11.7. The molecule has 23 heavy (non-hydrogen) atoms. The average molecular weight is 399 g/mol. The molecule has 1 unspecified atom stereocenters. The third-order valence-corrected chi connectivity index (χ3v) is 4.82. The van der Waals surface area contributed by atoms with Crippen molar-refractivity contribution in [1.29, 1.82) is 0 Å². The van der Waals surface area contributed by atoms with Gasteiger partial charge in [-0.25, -0.2) is 0 Å². The van der Waals surface area contributed by atoms with E-state index < -0.39 is 11.9 Å². The van der Waals surface area contributed by atoms with E-state index in [9.17, 15) is 9.90 Å². The summed E-state index contributed by atoms with van der Waals surface area (Å²) >= 11 is 4.90. The van der Waals surface area contributed by atoms with Crippen LogP contribution in [-0.2, 0) is 11.2 Å². The molecule has 0 aliphatic heterocycles. The molecule has 124 valence electrons. The third-order valence-electron chi connectivity index (χ3n) is 3.38. The molecule has 0 spiro atoms. The van der Waals surface area contributed by atoms with E-state index in [2.05, 4.69) is 15.9 Å². The highest BCUT2D eigenvalue weighted by Gasteiger charge is 2.24. The Morgan fingerprint density at radius 1 is 1.43 bits per heavy atom. The maximum Gasteiger partial charge on any atom is 0.312 e. The Balaban J connectivity index is 2.39. The molecule has 1 atom stereocenters. The number of hydrogen-bond donors (Lipinski definition) is 1. The number of carbonyl (C=O) groups is 1. The van der Waals surface area contributed by atoms with Crippen LogP contribution in [0.25, 0.3) is 0 Å². The lowest BCUT2D eigenvalue weighted by Gasteiger charge is -2.18. The first-order valence-electron chi connectivity index (χ1n) is 7.32. The Hall–Kier alpha value is -1.53. The summed E-state index contributed by atoms with van der Waals surface area (Å²) in [7, 11) is 1.58. The number of halogens is 1. The van der Waals surface area contributed by atoms with Crippen molar-refractivity contribution in [3.8, 4) is 11.5 Å². The first kappa shape index (κ1) is 17.8. The van der Waals surface area contributed by atoms with Gasteiger partial charge in [0.05, 0.1) is 19.6 Å². The summed E-state index contributed by atoms with van der Waals surface area (Å²) in [5.41, 5.74) is 0.825. The van der Waals surface area contributed by atoms with Gasteiger partial charge in [-0.2, -0.15) is 0 Å². The lowest BCUT2D eigenvalue weighted by Crippen LogP contribution is -2.14. The van der Waals surface area contributed by atoms with Crippen molar-refractivity contribution in [3.05, 3.63) is 44.6 Å². The molecule has 1 aromatic carbocycles. The fourth-order valence-electron chi connectivity index (χ4n) is 2.31. The Labute approximate surface area is 148 Å². The van der Waals surface area contributed by atoms with E-state index >= 15 is 0 Å². The van der Waals surface area contributed by atoms with Gasteiger partial charge in [0.1, 0.15) is 0 Å². The number of aliphatic carboxylic acids is 1. The highest BCUT2D eigenvalue weighted by molar-refractivity contribution is 9.10. The van der Waals surface area contributed by atoms with E-state index in [4.69, 9.17) is 9.47 Å². The molecular formula is C17H19BrO4S. The molecule has 0 saturated heterocycles. The van der Waals surface area contributed by atoms with Gasteiger partial charge in [-0.1, -0.05) is 28.9 Å². The minimum absolute atomic E-state index is 0.352. The van der Waals surface area contributed by atoms with Crippen LogP contribution in [0.5, 0.6) is 11.5 Å². The fourth-order valence-corrected chi connectivity index (χ4v) is 3.62. The van der Waals surface area contributed by atoms with Crippen molar-refractivity contribution < 1.29 is 19.4 Å². The second-order valence-electron chi connectivity index (χ2n) is 5.06. The van der Waals surface area contributed by atoms with Gasteiger partial charge < -0.3 is 14.6 Å². The Bertz CT molecular complexity index is 655. The predicted octanol–water partition coefficient (Wildman–Crippen LogP) is 4.72. The molecule has 0 bridgehead atoms. The Morgan fingerprint density at radius 3 is 2.78 bits per heavy atom. The van der Waals surface area contributed by atoms with Crippen molar-refractivity contribution in [2.24, 2.45) is 0 Å². The number of benzene rings is 1. The first-order chi connectivity index (χ1) is 11.1. The van der Waals surface area contributed by atoms with Crippen LogP contribution in [0.3, 0.4) is 0 Å². The number of thiophene rings is 1. The van der Waals surface area contributed by atoms with Gasteiger partial charge in [0.25, 0.3) is 0 Å². The molecule has 0 amide bonds. The molecule has 2 aromatic rings. The fraction of sp³-hybridized carbons (Fsp3) is 0.353. The number of hydrogen-bond acceptors (Lipinski definition) is 4. The predicted molar refractivity (Wildman–Crippen MR) is 94.9 cm³/mol. The monoisotopic (exact) mass is 398 g/mol. The topological polar surface area (TPSA) is 55.8 Å². The smallest absolute Gasteiger partial charge is 0.312 e. The van der Waals surface area contributed by atoms with Crippen LogP contribution in [0.2, 0.25) is 0 Å². The van der Waals surface area contributed by atoms with Crippen LogP contribution in [0, 0.1) is 0 Å². The molecular weight excluding hydrogens is 380 g/mol. The van der Waals surface area contributed by atoms with Crippen LogP contribution < -0.4 is 9.47 Å². The van der Waals surface area contributed by atoms with Gasteiger partial charge in [0, 0.05) is 14.9 Å². The van der Waals surface area contributed by atoms with Crippen molar-refractivity contribution in [3.63, 3.8) is 0 Å². The second kappa shape index (κ2) is 8.36. The quantitative estimate of drug-likeness (QED) is 0.698. The van der Waals surface area contributed by atoms with Crippen LogP contribution in [0.1, 0.15) is 29.7 Å². The molecule has 0 radical (unpaired) electrons. The van der Waals surface area contributed by atoms with E-state index in [1.807, 2.05) is 36.6 Å². The summed E-state index contributed by atoms with van der Waals surface area (Å²) < 4.78 is 12.1. The van der Waals surface area contributed by atoms with E-state index in [0.717, 1.165) is 21.3 Å². The first-order valence-corrected chi connectivity index (χ1v) is 8.99. The highest BCUT2D eigenvalue weighted by atomic mass is 79.9. The van der Waals surface area contributed by atoms with E-state index in [1.165, 1.54) is 11.3 Å². The number of carboxylic acid groups (broad SMARTS) is 1. The largest absolute Gasteiger partial charge is 0.493 e. The lowest BCUT2D eigenvalue weighted by atomic mass is 9.97. The summed E-state index contributed by atoms with van der Waals surface area (Å²) in [5.74, 6) is -0.204. The summed E-state index contributed by atoms with van der Waals surface area (Å²) in [6.07, 6.45) is 1.22. The SMILES string of the molecule is CCCOc1c(CC(C(=O)O)c2cccs2)cc(Br)cc1OC. The molecule has 0 fully saturated rings. The average Bonchev–Trinajstić information content (AvgIpc) is 3.04. The molecule has 1 N–H and O–H groups in total. The van der Waals surface area contributed by atoms with E-state index in [0.29, 0.717) is 24.5 Å². The van der Waals surface area contributed by atoms with Gasteiger partial charge in [0.2, 0.25) is 0 Å². The molecule has 1 heterocycles. The summed E-state index contributed by atoms with van der Waals surface area (Å²) in [4.78, 5) is 12.5. The van der Waals surface area contributed by atoms with Crippen molar-refractivity contribution in [2.45, 2.75) is 25.7 Å². The Morgan fingerprint density at radius 2 is 2.22 bits per heavy atom. The van der Waals surface area contributed by atoms with Crippen LogP contribution in [0.4, 0.5) is 0 Å². The van der Waals surface area contributed by atoms with Gasteiger partial charge in [-0.05, 0) is 36.4 Å². The van der Waals surface area contributed by atoms with E-state index in [1.54, 1.807) is 7.11 Å². The number of ether oxygens (including phenoxy) is 2. The molecule has 1 aromatic heterocycles. The molecule has 0 saturated carbocycles. The van der Waals surface area contributed by atoms with E-state index in [-0.39, 0.29) is 0 Å². The third kappa shape index (κ3) is 4.48. The Kier molecular flexibility index (Phi) is 6.47. The normalized spacial score (nSPS) is 12.0. The van der Waals surface area contributed by atoms with Crippen LogP contribution in [-0.4, -0.2) is 24.8 Å². The highest BCUT2D eigenvalue weighted by Crippen LogP contribution is 2.38. The van der Waals surface area contributed by atoms with Gasteiger partial charge in [-0.3, -0.25) is 4.79 Å². The van der Waals surface area contributed by atoms with Crippen molar-refractivity contribution >= 4 is 33.2 Å². The number of methoxy groups -OCH3 is 1. The minimum Gasteiger partial charge on any atom is -0.493 e. The number of rotatable bonds is 8. The molecule has 2 rings (SSSR count). The van der Waals surface area contributed by atoms with Crippen molar-refractivity contribution in [1.82, 2.24) is 0 Å². The summed E-state index contributed by atoms with van der Waals surface area (Å²) in [6, 6.07) is 7.45. The standard InChI is InChI=1S/C17H19BrO4S/c1-3-6-22-16-11(8-12(18)10-14(16)21-2)9-13(17(19)20)15-5-4-7-23-15/h4-5,7-8,10,13H,3,6,9H2,1-2H3,(H,19,20). The minimum atomic E-state index is -0.840. The van der Waals surface area contributed by atoms with Gasteiger partial charge in [0.15, 0.2) is 11.5 Å². The molecule has 4 nitrogen and oxygen atoms in total. The molecule has 0 aliphatic carbocycles. The second-order valence-corrected chi connectivity index (χ2v) is 6.95. The van der Waals surface area contributed by atoms with Crippen LogP contribution >= 0.6 is 27.3 Å².